The Morgan fingerprint density at radius 2 is 1.89 bits per heavy atom. The first kappa shape index (κ1) is 6.75. The van der Waals surface area contributed by atoms with Crippen molar-refractivity contribution in [1.29, 1.82) is 0 Å². The van der Waals surface area contributed by atoms with Crippen molar-refractivity contribution in [1.82, 2.24) is 0 Å². The van der Waals surface area contributed by atoms with Gasteiger partial charge in [0.15, 0.2) is 0 Å². The molecule has 1 rings (SSSR count). The normalized spacial score (nSPS) is 9.33. The zero-order chi connectivity index (χ0) is 6.53. The van der Waals surface area contributed by atoms with Gasteiger partial charge in [-0.05, 0) is 17.8 Å². The summed E-state index contributed by atoms with van der Waals surface area (Å²) in [7, 11) is 5.32. The summed E-state index contributed by atoms with van der Waals surface area (Å²) >= 11 is 1.65. The van der Waals surface area contributed by atoms with Gasteiger partial charge in [-0.3, -0.25) is 0 Å². The van der Waals surface area contributed by atoms with Crippen LogP contribution in [0.4, 0.5) is 0 Å². The first-order valence-corrected chi connectivity index (χ1v) is 3.80. The van der Waals surface area contributed by atoms with Crippen LogP contribution in [0.5, 0.6) is 0 Å². The second-order valence-corrected chi connectivity index (χ2v) is 2.72. The number of benzene rings is 1. The molecule has 44 valence electrons. The molecule has 2 radical (unpaired) electrons. The molecule has 0 unspecified atom stereocenters. The van der Waals surface area contributed by atoms with E-state index in [4.69, 9.17) is 7.85 Å². The van der Waals surface area contributed by atoms with Gasteiger partial charge in [0, 0.05) is 4.90 Å². The van der Waals surface area contributed by atoms with E-state index in [0.29, 0.717) is 5.65 Å². The molecule has 0 aromatic heterocycles. The van der Waals surface area contributed by atoms with Crippen LogP contribution < -0.4 is 0 Å². The van der Waals surface area contributed by atoms with Gasteiger partial charge in [-0.1, -0.05) is 18.2 Å². The zero-order valence-electron chi connectivity index (χ0n) is 5.08. The van der Waals surface area contributed by atoms with Gasteiger partial charge in [-0.15, -0.1) is 11.8 Å². The predicted octanol–water partition coefficient (Wildman–Crippen LogP) is 1.90. The molecule has 0 fully saturated rings. The minimum absolute atomic E-state index is 0.657. The van der Waals surface area contributed by atoms with E-state index >= 15 is 0 Å². The lowest BCUT2D eigenvalue weighted by Gasteiger charge is -1.93. The predicted molar refractivity (Wildman–Crippen MR) is 42.9 cm³/mol. The first-order valence-electron chi connectivity index (χ1n) is 2.81. The SMILES string of the molecule is [B]CSc1ccccc1. The largest absolute Gasteiger partial charge is 0.136 e. The highest BCUT2D eigenvalue weighted by Gasteiger charge is 1.84. The van der Waals surface area contributed by atoms with E-state index in [1.165, 1.54) is 4.90 Å². The summed E-state index contributed by atoms with van der Waals surface area (Å²) < 4.78 is 0. The molecule has 0 aliphatic rings. The summed E-state index contributed by atoms with van der Waals surface area (Å²) in [4.78, 5) is 1.24. The Hall–Kier alpha value is -0.365. The molecule has 0 N–H and O–H groups in total. The molecule has 9 heavy (non-hydrogen) atoms. The van der Waals surface area contributed by atoms with Crippen LogP contribution in [0.15, 0.2) is 35.2 Å². The highest BCUT2D eigenvalue weighted by Crippen LogP contribution is 2.14. The van der Waals surface area contributed by atoms with E-state index in [-0.39, 0.29) is 0 Å². The second-order valence-electron chi connectivity index (χ2n) is 1.62. The minimum atomic E-state index is 0.657. The van der Waals surface area contributed by atoms with Crippen molar-refractivity contribution in [2.45, 2.75) is 4.90 Å². The van der Waals surface area contributed by atoms with Gasteiger partial charge in [0.2, 0.25) is 0 Å². The average Bonchev–Trinajstić information content (AvgIpc) is 1.91. The van der Waals surface area contributed by atoms with Crippen molar-refractivity contribution in [2.75, 3.05) is 5.65 Å². The Kier molecular flexibility index (Phi) is 2.72. The maximum Gasteiger partial charge on any atom is 0.0804 e. The van der Waals surface area contributed by atoms with Crippen LogP contribution in [-0.2, 0) is 0 Å². The van der Waals surface area contributed by atoms with E-state index < -0.39 is 0 Å². The van der Waals surface area contributed by atoms with E-state index in [2.05, 4.69) is 12.1 Å². The van der Waals surface area contributed by atoms with Gasteiger partial charge in [0.05, 0.1) is 7.85 Å². The maximum atomic E-state index is 5.32. The minimum Gasteiger partial charge on any atom is -0.136 e. The van der Waals surface area contributed by atoms with Crippen LogP contribution in [0.2, 0.25) is 0 Å². The molecule has 0 amide bonds. The number of hydrogen-bond acceptors (Lipinski definition) is 1. The highest BCUT2D eigenvalue weighted by molar-refractivity contribution is 8.00. The molecule has 1 aromatic carbocycles. The molecule has 0 bridgehead atoms. The summed E-state index contributed by atoms with van der Waals surface area (Å²) in [5.41, 5.74) is 0.657. The van der Waals surface area contributed by atoms with Crippen LogP contribution >= 0.6 is 11.8 Å². The second kappa shape index (κ2) is 3.62. The van der Waals surface area contributed by atoms with Crippen molar-refractivity contribution in [3.05, 3.63) is 30.3 Å². The van der Waals surface area contributed by atoms with Gasteiger partial charge in [0.25, 0.3) is 0 Å². The number of rotatable bonds is 2. The van der Waals surface area contributed by atoms with Gasteiger partial charge in [0.1, 0.15) is 0 Å². The van der Waals surface area contributed by atoms with E-state index in [0.717, 1.165) is 0 Å². The fourth-order valence-electron chi connectivity index (χ4n) is 0.613. The molecule has 0 heterocycles. The Balaban J connectivity index is 2.61. The third kappa shape index (κ3) is 2.14. The van der Waals surface area contributed by atoms with Crippen LogP contribution in [0, 0.1) is 0 Å². The van der Waals surface area contributed by atoms with E-state index in [1.54, 1.807) is 11.8 Å². The first-order chi connectivity index (χ1) is 4.43. The average molecular weight is 134 g/mol. The summed E-state index contributed by atoms with van der Waals surface area (Å²) in [6.45, 7) is 0. The fourth-order valence-corrected chi connectivity index (χ4v) is 1.15. The molecular formula is C7H7BS. The molecule has 0 spiro atoms. The Morgan fingerprint density at radius 1 is 1.22 bits per heavy atom. The zero-order valence-corrected chi connectivity index (χ0v) is 5.90. The van der Waals surface area contributed by atoms with Crippen molar-refractivity contribution in [3.8, 4) is 0 Å². The van der Waals surface area contributed by atoms with Crippen LogP contribution in [0.25, 0.3) is 0 Å². The summed E-state index contributed by atoms with van der Waals surface area (Å²) in [6.07, 6.45) is 0. The molecule has 0 saturated heterocycles. The van der Waals surface area contributed by atoms with E-state index in [1.807, 2.05) is 18.2 Å². The quantitative estimate of drug-likeness (QED) is 0.439. The third-order valence-corrected chi connectivity index (χ3v) is 1.77. The summed E-state index contributed by atoms with van der Waals surface area (Å²) in [6, 6.07) is 10.1. The highest BCUT2D eigenvalue weighted by atomic mass is 32.2. The topological polar surface area (TPSA) is 0 Å². The molecule has 0 aliphatic heterocycles. The smallest absolute Gasteiger partial charge is 0.0804 e. The van der Waals surface area contributed by atoms with Gasteiger partial charge < -0.3 is 0 Å². The summed E-state index contributed by atoms with van der Waals surface area (Å²) in [5.74, 6) is 0. The van der Waals surface area contributed by atoms with E-state index in [9.17, 15) is 0 Å². The van der Waals surface area contributed by atoms with Crippen LogP contribution in [0.3, 0.4) is 0 Å². The number of hydrogen-bond donors (Lipinski definition) is 0. The molecule has 0 saturated carbocycles. The summed E-state index contributed by atoms with van der Waals surface area (Å²) in [5, 5.41) is 0. The molecule has 2 heteroatoms. The van der Waals surface area contributed by atoms with Crippen LogP contribution in [-0.4, -0.2) is 13.5 Å². The maximum absolute atomic E-state index is 5.32. The van der Waals surface area contributed by atoms with Gasteiger partial charge >= 0.3 is 0 Å². The Labute approximate surface area is 61.1 Å². The fraction of sp³-hybridized carbons (Fsp3) is 0.143. The van der Waals surface area contributed by atoms with Crippen molar-refractivity contribution in [3.63, 3.8) is 0 Å². The van der Waals surface area contributed by atoms with Crippen molar-refractivity contribution >= 4 is 19.6 Å². The Bertz CT molecular complexity index is 162. The van der Waals surface area contributed by atoms with Crippen LogP contribution in [0.1, 0.15) is 0 Å². The lowest BCUT2D eigenvalue weighted by atomic mass is 10.2. The van der Waals surface area contributed by atoms with Gasteiger partial charge in [-0.2, -0.15) is 0 Å². The van der Waals surface area contributed by atoms with Crippen molar-refractivity contribution < 1.29 is 0 Å². The molecule has 0 atom stereocenters. The molecule has 0 nitrogen and oxygen atoms in total. The molecule has 1 aromatic rings. The third-order valence-electron chi connectivity index (χ3n) is 0.993. The number of thioether (sulfide) groups is 1. The van der Waals surface area contributed by atoms with Gasteiger partial charge in [-0.25, -0.2) is 0 Å². The lowest BCUT2D eigenvalue weighted by molar-refractivity contribution is 1.47. The lowest BCUT2D eigenvalue weighted by Crippen LogP contribution is -1.73. The standard InChI is InChI=1S/C7H7BS/c8-6-9-7-4-2-1-3-5-7/h1-5H,6H2. The Morgan fingerprint density at radius 3 is 2.44 bits per heavy atom. The van der Waals surface area contributed by atoms with Crippen molar-refractivity contribution in [2.24, 2.45) is 0 Å². The monoisotopic (exact) mass is 134 g/mol. The molecule has 0 aliphatic carbocycles. The molecular weight excluding hydrogens is 127 g/mol.